The molecule has 2 rings (SSSR count). The highest BCUT2D eigenvalue weighted by molar-refractivity contribution is 6.33. The molecule has 1 amide bonds. The third-order valence-corrected chi connectivity index (χ3v) is 4.11. The van der Waals surface area contributed by atoms with Gasteiger partial charge in [-0.2, -0.15) is 5.10 Å². The molecule has 0 aliphatic carbocycles. The molecule has 0 radical (unpaired) electrons. The molecule has 0 spiro atoms. The van der Waals surface area contributed by atoms with Crippen molar-refractivity contribution in [2.75, 3.05) is 6.54 Å². The van der Waals surface area contributed by atoms with Crippen molar-refractivity contribution >= 4 is 17.5 Å². The highest BCUT2D eigenvalue weighted by atomic mass is 35.5. The minimum atomic E-state index is -0.221. The SMILES string of the molecule is CCCCC(CN)NC(=O)c1c(C)nn(-c2ccccc2)c1Cl. The second-order valence-electron chi connectivity index (χ2n) is 5.55. The summed E-state index contributed by atoms with van der Waals surface area (Å²) in [5.74, 6) is -0.221. The fourth-order valence-electron chi connectivity index (χ4n) is 2.45. The zero-order valence-electron chi connectivity index (χ0n) is 13.6. The smallest absolute Gasteiger partial charge is 0.256 e. The number of carbonyl (C=O) groups is 1. The van der Waals surface area contributed by atoms with E-state index in [0.717, 1.165) is 24.9 Å². The number of rotatable bonds is 7. The topological polar surface area (TPSA) is 72.9 Å². The van der Waals surface area contributed by atoms with E-state index in [9.17, 15) is 4.79 Å². The number of hydrogen-bond acceptors (Lipinski definition) is 3. The molecule has 0 bridgehead atoms. The normalized spacial score (nSPS) is 12.2. The lowest BCUT2D eigenvalue weighted by Gasteiger charge is -2.16. The molecule has 1 aromatic heterocycles. The Hall–Kier alpha value is -1.85. The van der Waals surface area contributed by atoms with E-state index in [4.69, 9.17) is 17.3 Å². The molecule has 23 heavy (non-hydrogen) atoms. The van der Waals surface area contributed by atoms with E-state index < -0.39 is 0 Å². The number of aryl methyl sites for hydroxylation is 1. The van der Waals surface area contributed by atoms with E-state index in [1.807, 2.05) is 30.3 Å². The molecule has 0 saturated carbocycles. The van der Waals surface area contributed by atoms with Crippen molar-refractivity contribution < 1.29 is 4.79 Å². The third kappa shape index (κ3) is 4.12. The van der Waals surface area contributed by atoms with Gasteiger partial charge in [0, 0.05) is 12.6 Å². The Bertz CT molecular complexity index is 654. The number of nitrogens with two attached hydrogens (primary N) is 1. The maximum Gasteiger partial charge on any atom is 0.256 e. The van der Waals surface area contributed by atoms with E-state index >= 15 is 0 Å². The van der Waals surface area contributed by atoms with Crippen LogP contribution < -0.4 is 11.1 Å². The van der Waals surface area contributed by atoms with E-state index in [-0.39, 0.29) is 11.9 Å². The maximum atomic E-state index is 12.6. The average Bonchev–Trinajstić information content (AvgIpc) is 2.86. The molecule has 3 N–H and O–H groups in total. The number of aromatic nitrogens is 2. The van der Waals surface area contributed by atoms with E-state index in [1.54, 1.807) is 11.6 Å². The van der Waals surface area contributed by atoms with Gasteiger partial charge in [-0.15, -0.1) is 0 Å². The molecular weight excluding hydrogens is 312 g/mol. The monoisotopic (exact) mass is 334 g/mol. The van der Waals surface area contributed by atoms with Crippen molar-refractivity contribution in [1.29, 1.82) is 0 Å². The summed E-state index contributed by atoms with van der Waals surface area (Å²) in [7, 11) is 0. The number of para-hydroxylation sites is 1. The minimum absolute atomic E-state index is 0.0435. The van der Waals surface area contributed by atoms with Crippen LogP contribution >= 0.6 is 11.6 Å². The van der Waals surface area contributed by atoms with Gasteiger partial charge in [-0.25, -0.2) is 4.68 Å². The van der Waals surface area contributed by atoms with Gasteiger partial charge in [-0.05, 0) is 25.5 Å². The summed E-state index contributed by atoms with van der Waals surface area (Å²) in [6, 6.07) is 9.46. The van der Waals surface area contributed by atoms with Crippen LogP contribution in [0.5, 0.6) is 0 Å². The Morgan fingerprint density at radius 2 is 2.09 bits per heavy atom. The van der Waals surface area contributed by atoms with Crippen LogP contribution in [0.2, 0.25) is 5.15 Å². The molecule has 5 nitrogen and oxygen atoms in total. The average molecular weight is 335 g/mol. The van der Waals surface area contributed by atoms with Crippen molar-refractivity contribution in [3.8, 4) is 5.69 Å². The second-order valence-corrected chi connectivity index (χ2v) is 5.90. The Labute approximate surface area is 141 Å². The van der Waals surface area contributed by atoms with Gasteiger partial charge >= 0.3 is 0 Å². The van der Waals surface area contributed by atoms with Gasteiger partial charge in [0.2, 0.25) is 0 Å². The molecule has 0 saturated heterocycles. The number of unbranched alkanes of at least 4 members (excludes halogenated alkanes) is 1. The lowest BCUT2D eigenvalue weighted by atomic mass is 10.1. The van der Waals surface area contributed by atoms with Gasteiger partial charge in [0.1, 0.15) is 5.15 Å². The summed E-state index contributed by atoms with van der Waals surface area (Å²) < 4.78 is 1.58. The number of nitrogens with zero attached hydrogens (tertiary/aromatic N) is 2. The van der Waals surface area contributed by atoms with Crippen LogP contribution in [-0.2, 0) is 0 Å². The van der Waals surface area contributed by atoms with Crippen LogP contribution in [0.1, 0.15) is 42.2 Å². The van der Waals surface area contributed by atoms with Gasteiger partial charge in [0.25, 0.3) is 5.91 Å². The predicted molar refractivity (Wildman–Crippen MR) is 93.1 cm³/mol. The number of benzene rings is 1. The highest BCUT2D eigenvalue weighted by Gasteiger charge is 2.22. The molecule has 2 aromatic rings. The largest absolute Gasteiger partial charge is 0.348 e. The molecule has 6 heteroatoms. The van der Waals surface area contributed by atoms with Crippen LogP contribution in [0.3, 0.4) is 0 Å². The first-order chi connectivity index (χ1) is 11.1. The maximum absolute atomic E-state index is 12.6. The fourth-order valence-corrected chi connectivity index (χ4v) is 2.81. The van der Waals surface area contributed by atoms with Crippen molar-refractivity contribution in [1.82, 2.24) is 15.1 Å². The summed E-state index contributed by atoms with van der Waals surface area (Å²) in [4.78, 5) is 12.6. The van der Waals surface area contributed by atoms with Crippen LogP contribution in [-0.4, -0.2) is 28.3 Å². The zero-order valence-corrected chi connectivity index (χ0v) is 14.3. The first-order valence-electron chi connectivity index (χ1n) is 7.90. The number of hydrogen-bond donors (Lipinski definition) is 2. The van der Waals surface area contributed by atoms with Gasteiger partial charge < -0.3 is 11.1 Å². The molecule has 1 aromatic carbocycles. The van der Waals surface area contributed by atoms with Crippen molar-refractivity contribution in [3.05, 3.63) is 46.7 Å². The zero-order chi connectivity index (χ0) is 16.8. The van der Waals surface area contributed by atoms with E-state index in [1.165, 1.54) is 0 Å². The first kappa shape index (κ1) is 17.5. The molecular formula is C17H23ClN4O. The molecule has 1 atom stereocenters. The number of amides is 1. The lowest BCUT2D eigenvalue weighted by Crippen LogP contribution is -2.40. The third-order valence-electron chi connectivity index (χ3n) is 3.76. The van der Waals surface area contributed by atoms with E-state index in [2.05, 4.69) is 17.3 Å². The molecule has 124 valence electrons. The quantitative estimate of drug-likeness (QED) is 0.817. The Kier molecular flexibility index (Phi) is 6.19. The van der Waals surface area contributed by atoms with Crippen molar-refractivity contribution in [2.45, 2.75) is 39.2 Å². The lowest BCUT2D eigenvalue weighted by molar-refractivity contribution is 0.0935. The summed E-state index contributed by atoms with van der Waals surface area (Å²) in [5.41, 5.74) is 7.57. The Morgan fingerprint density at radius 3 is 2.70 bits per heavy atom. The standard InChI is InChI=1S/C17H23ClN4O/c1-3-4-8-13(11-19)20-17(23)15-12(2)21-22(16(15)18)14-9-6-5-7-10-14/h5-7,9-10,13H,3-4,8,11,19H2,1-2H3,(H,20,23). The minimum Gasteiger partial charge on any atom is -0.348 e. The first-order valence-corrected chi connectivity index (χ1v) is 8.27. The molecule has 1 unspecified atom stereocenters. The van der Waals surface area contributed by atoms with Gasteiger partial charge in [-0.1, -0.05) is 49.6 Å². The van der Waals surface area contributed by atoms with Gasteiger partial charge in [0.05, 0.1) is 16.9 Å². The number of halogens is 1. The van der Waals surface area contributed by atoms with Gasteiger partial charge in [-0.3, -0.25) is 4.79 Å². The summed E-state index contributed by atoms with van der Waals surface area (Å²) in [6.07, 6.45) is 2.96. The Morgan fingerprint density at radius 1 is 1.39 bits per heavy atom. The van der Waals surface area contributed by atoms with Crippen LogP contribution in [0.4, 0.5) is 0 Å². The summed E-state index contributed by atoms with van der Waals surface area (Å²) in [5, 5.41) is 7.67. The number of nitrogens with one attached hydrogen (secondary N) is 1. The van der Waals surface area contributed by atoms with E-state index in [0.29, 0.717) is 23.0 Å². The van der Waals surface area contributed by atoms with Crippen molar-refractivity contribution in [2.24, 2.45) is 5.73 Å². The second kappa shape index (κ2) is 8.13. The molecule has 0 fully saturated rings. The van der Waals surface area contributed by atoms with Crippen LogP contribution in [0, 0.1) is 6.92 Å². The van der Waals surface area contributed by atoms with Crippen molar-refractivity contribution in [3.63, 3.8) is 0 Å². The number of carbonyl (C=O) groups excluding carboxylic acids is 1. The molecule has 0 aliphatic rings. The predicted octanol–water partition coefficient (Wildman–Crippen LogP) is 3.08. The summed E-state index contributed by atoms with van der Waals surface area (Å²) >= 11 is 6.40. The fraction of sp³-hybridized carbons (Fsp3) is 0.412. The summed E-state index contributed by atoms with van der Waals surface area (Å²) in [6.45, 7) is 4.30. The van der Waals surface area contributed by atoms with Crippen LogP contribution in [0.25, 0.3) is 5.69 Å². The van der Waals surface area contributed by atoms with Gasteiger partial charge in [0.15, 0.2) is 0 Å². The van der Waals surface area contributed by atoms with Crippen LogP contribution in [0.15, 0.2) is 30.3 Å². The Balaban J connectivity index is 2.23. The molecule has 1 heterocycles. The highest BCUT2D eigenvalue weighted by Crippen LogP contribution is 2.23. The molecule has 0 aliphatic heterocycles.